The lowest BCUT2D eigenvalue weighted by atomic mass is 10.0. The summed E-state index contributed by atoms with van der Waals surface area (Å²) in [6.45, 7) is 1.41. The Morgan fingerprint density at radius 3 is 3.15 bits per heavy atom. The maximum absolute atomic E-state index is 11.1. The number of aldehydes is 1. The summed E-state index contributed by atoms with van der Waals surface area (Å²) in [5.41, 5.74) is 0.688. The number of piperidine rings is 1. The minimum absolute atomic E-state index is 0.0334. The first-order valence-electron chi connectivity index (χ1n) is 6.80. The summed E-state index contributed by atoms with van der Waals surface area (Å²) in [6.07, 6.45) is 5.81. The van der Waals surface area contributed by atoms with Crippen LogP contribution in [0.2, 0.25) is 0 Å². The zero-order valence-electron chi connectivity index (χ0n) is 11.1. The Kier molecular flexibility index (Phi) is 3.83. The van der Waals surface area contributed by atoms with Crippen molar-refractivity contribution in [3.8, 4) is 11.5 Å². The molecule has 3 rings (SSSR count). The lowest BCUT2D eigenvalue weighted by molar-refractivity contribution is -0.113. The van der Waals surface area contributed by atoms with Crippen molar-refractivity contribution in [2.45, 2.75) is 31.8 Å². The minimum Gasteiger partial charge on any atom is -0.337 e. The van der Waals surface area contributed by atoms with Gasteiger partial charge in [0, 0.05) is 6.20 Å². The predicted molar refractivity (Wildman–Crippen MR) is 71.6 cm³/mol. The summed E-state index contributed by atoms with van der Waals surface area (Å²) < 4.78 is 5.26. The van der Waals surface area contributed by atoms with Gasteiger partial charge in [-0.05, 0) is 31.5 Å². The first-order valence-corrected chi connectivity index (χ1v) is 6.80. The van der Waals surface area contributed by atoms with Crippen LogP contribution in [0.5, 0.6) is 0 Å². The fourth-order valence-corrected chi connectivity index (χ4v) is 2.46. The van der Waals surface area contributed by atoms with E-state index in [1.165, 1.54) is 0 Å². The van der Waals surface area contributed by atoms with Gasteiger partial charge in [-0.15, -0.1) is 0 Å². The molecule has 2 aromatic rings. The van der Waals surface area contributed by atoms with E-state index in [2.05, 4.69) is 20.0 Å². The molecule has 1 aliphatic rings. The van der Waals surface area contributed by atoms with Crippen LogP contribution in [-0.4, -0.2) is 38.9 Å². The van der Waals surface area contributed by atoms with E-state index in [1.54, 1.807) is 6.20 Å². The van der Waals surface area contributed by atoms with Gasteiger partial charge in [-0.25, -0.2) is 0 Å². The number of aromatic nitrogens is 3. The highest BCUT2D eigenvalue weighted by Crippen LogP contribution is 2.19. The van der Waals surface area contributed by atoms with Crippen molar-refractivity contribution in [3.63, 3.8) is 0 Å². The van der Waals surface area contributed by atoms with E-state index in [-0.39, 0.29) is 6.04 Å². The second-order valence-electron chi connectivity index (χ2n) is 4.90. The fraction of sp³-hybridized carbons (Fsp3) is 0.429. The van der Waals surface area contributed by atoms with E-state index in [0.29, 0.717) is 24.0 Å². The third kappa shape index (κ3) is 2.75. The van der Waals surface area contributed by atoms with Crippen LogP contribution in [0.4, 0.5) is 0 Å². The summed E-state index contributed by atoms with van der Waals surface area (Å²) in [5.74, 6) is 1.01. The SMILES string of the molecule is O=CC1CCCCN1Cc1nc(-c2ccccn2)no1. The molecule has 20 heavy (non-hydrogen) atoms. The van der Waals surface area contributed by atoms with Gasteiger partial charge in [-0.3, -0.25) is 9.88 Å². The van der Waals surface area contributed by atoms with Gasteiger partial charge in [0.25, 0.3) is 0 Å². The maximum atomic E-state index is 11.1. The monoisotopic (exact) mass is 272 g/mol. The highest BCUT2D eigenvalue weighted by molar-refractivity contribution is 5.57. The molecule has 1 unspecified atom stereocenters. The maximum Gasteiger partial charge on any atom is 0.241 e. The highest BCUT2D eigenvalue weighted by Gasteiger charge is 2.23. The topological polar surface area (TPSA) is 72.1 Å². The van der Waals surface area contributed by atoms with Crippen LogP contribution < -0.4 is 0 Å². The van der Waals surface area contributed by atoms with Gasteiger partial charge in [0.05, 0.1) is 12.6 Å². The molecule has 0 amide bonds. The van der Waals surface area contributed by atoms with E-state index in [4.69, 9.17) is 4.52 Å². The lowest BCUT2D eigenvalue weighted by Gasteiger charge is -2.30. The van der Waals surface area contributed by atoms with Crippen molar-refractivity contribution in [1.29, 1.82) is 0 Å². The standard InChI is InChI=1S/C14H16N4O2/c19-10-11-5-2-4-8-18(11)9-13-16-14(17-20-13)12-6-1-3-7-15-12/h1,3,6-7,10-11H,2,4-5,8-9H2. The molecule has 0 radical (unpaired) electrons. The Balaban J connectivity index is 1.72. The average Bonchev–Trinajstić information content (AvgIpc) is 2.97. The lowest BCUT2D eigenvalue weighted by Crippen LogP contribution is -2.39. The molecule has 0 bridgehead atoms. The van der Waals surface area contributed by atoms with Crippen LogP contribution in [0, 0.1) is 0 Å². The molecule has 1 atom stereocenters. The summed E-state index contributed by atoms with van der Waals surface area (Å²) in [4.78, 5) is 21.7. The molecule has 0 spiro atoms. The summed E-state index contributed by atoms with van der Waals surface area (Å²) in [7, 11) is 0. The van der Waals surface area contributed by atoms with Crippen molar-refractivity contribution in [3.05, 3.63) is 30.3 Å². The van der Waals surface area contributed by atoms with E-state index < -0.39 is 0 Å². The molecule has 2 aromatic heterocycles. The van der Waals surface area contributed by atoms with Gasteiger partial charge < -0.3 is 9.32 Å². The number of hydrogen-bond donors (Lipinski definition) is 0. The molecule has 3 heterocycles. The van der Waals surface area contributed by atoms with Gasteiger partial charge in [0.2, 0.25) is 11.7 Å². The molecular weight excluding hydrogens is 256 g/mol. The summed E-state index contributed by atoms with van der Waals surface area (Å²) in [6, 6.07) is 5.52. The van der Waals surface area contributed by atoms with Crippen molar-refractivity contribution in [2.24, 2.45) is 0 Å². The van der Waals surface area contributed by atoms with E-state index in [1.807, 2.05) is 18.2 Å². The van der Waals surface area contributed by atoms with Crippen molar-refractivity contribution >= 4 is 6.29 Å². The minimum atomic E-state index is -0.0334. The third-order valence-corrected chi connectivity index (χ3v) is 3.52. The van der Waals surface area contributed by atoms with Crippen LogP contribution in [-0.2, 0) is 11.3 Å². The fourth-order valence-electron chi connectivity index (χ4n) is 2.46. The summed E-state index contributed by atoms with van der Waals surface area (Å²) in [5, 5.41) is 3.94. The Morgan fingerprint density at radius 1 is 1.40 bits per heavy atom. The largest absolute Gasteiger partial charge is 0.337 e. The number of carbonyl (C=O) groups excluding carboxylic acids is 1. The normalized spacial score (nSPS) is 19.9. The van der Waals surface area contributed by atoms with E-state index >= 15 is 0 Å². The number of likely N-dealkylation sites (tertiary alicyclic amines) is 1. The molecule has 1 aliphatic heterocycles. The Labute approximate surface area is 116 Å². The van der Waals surface area contributed by atoms with Crippen LogP contribution >= 0.6 is 0 Å². The van der Waals surface area contributed by atoms with Crippen LogP contribution in [0.3, 0.4) is 0 Å². The van der Waals surface area contributed by atoms with Crippen molar-refractivity contribution < 1.29 is 9.32 Å². The number of nitrogens with zero attached hydrogens (tertiary/aromatic N) is 4. The number of rotatable bonds is 4. The van der Waals surface area contributed by atoms with Gasteiger partial charge in [0.1, 0.15) is 12.0 Å². The van der Waals surface area contributed by atoms with Crippen LogP contribution in [0.25, 0.3) is 11.5 Å². The number of hydrogen-bond acceptors (Lipinski definition) is 6. The van der Waals surface area contributed by atoms with Gasteiger partial charge in [0.15, 0.2) is 0 Å². The molecule has 0 aliphatic carbocycles. The van der Waals surface area contributed by atoms with Crippen LogP contribution in [0.1, 0.15) is 25.2 Å². The predicted octanol–water partition coefficient (Wildman–Crippen LogP) is 1.68. The first-order chi connectivity index (χ1) is 9.86. The molecular formula is C14H16N4O2. The zero-order valence-corrected chi connectivity index (χ0v) is 11.1. The van der Waals surface area contributed by atoms with Gasteiger partial charge in [-0.1, -0.05) is 17.6 Å². The molecule has 1 fully saturated rings. The first kappa shape index (κ1) is 12.9. The molecule has 6 heteroatoms. The van der Waals surface area contributed by atoms with Crippen molar-refractivity contribution in [2.75, 3.05) is 6.54 Å². The van der Waals surface area contributed by atoms with Gasteiger partial charge >= 0.3 is 0 Å². The Hall–Kier alpha value is -2.08. The third-order valence-electron chi connectivity index (χ3n) is 3.52. The number of carbonyl (C=O) groups is 1. The highest BCUT2D eigenvalue weighted by atomic mass is 16.5. The second-order valence-corrected chi connectivity index (χ2v) is 4.90. The van der Waals surface area contributed by atoms with Crippen LogP contribution in [0.15, 0.2) is 28.9 Å². The van der Waals surface area contributed by atoms with Crippen molar-refractivity contribution in [1.82, 2.24) is 20.0 Å². The summed E-state index contributed by atoms with van der Waals surface area (Å²) >= 11 is 0. The van der Waals surface area contributed by atoms with Gasteiger partial charge in [-0.2, -0.15) is 4.98 Å². The molecule has 0 N–H and O–H groups in total. The molecule has 104 valence electrons. The second kappa shape index (κ2) is 5.92. The zero-order chi connectivity index (χ0) is 13.8. The van der Waals surface area contributed by atoms with E-state index in [9.17, 15) is 4.79 Å². The molecule has 1 saturated heterocycles. The average molecular weight is 272 g/mol. The molecule has 0 saturated carbocycles. The Bertz CT molecular complexity index is 570. The Morgan fingerprint density at radius 2 is 2.35 bits per heavy atom. The van der Waals surface area contributed by atoms with E-state index in [0.717, 1.165) is 32.1 Å². The smallest absolute Gasteiger partial charge is 0.241 e. The number of pyridine rings is 1. The molecule has 6 nitrogen and oxygen atoms in total. The molecule has 0 aromatic carbocycles. The quantitative estimate of drug-likeness (QED) is 0.789.